The maximum atomic E-state index is 5.37. The van der Waals surface area contributed by atoms with Gasteiger partial charge in [-0.25, -0.2) is 4.40 Å². The smallest absolute Gasteiger partial charge is 0.200 e. The number of thioether (sulfide) groups is 1. The Balaban J connectivity index is 1.98. The van der Waals surface area contributed by atoms with E-state index in [0.29, 0.717) is 5.25 Å². The summed E-state index contributed by atoms with van der Waals surface area (Å²) in [6.45, 7) is 0. The van der Waals surface area contributed by atoms with Crippen LogP contribution in [-0.4, -0.2) is 32.7 Å². The maximum absolute atomic E-state index is 5.37. The van der Waals surface area contributed by atoms with Gasteiger partial charge in [-0.3, -0.25) is 0 Å². The first kappa shape index (κ1) is 10.9. The highest BCUT2D eigenvalue weighted by atomic mass is 32.2. The van der Waals surface area contributed by atoms with Gasteiger partial charge in [0, 0.05) is 11.7 Å². The van der Waals surface area contributed by atoms with Gasteiger partial charge < -0.3 is 4.74 Å². The van der Waals surface area contributed by atoms with Gasteiger partial charge in [-0.2, -0.15) is 11.8 Å². The molecular weight excluding hydrogens is 234 g/mol. The summed E-state index contributed by atoms with van der Waals surface area (Å²) in [6.07, 6.45) is 3.59. The molecule has 3 rings (SSSR count). The van der Waals surface area contributed by atoms with Gasteiger partial charge in [-0.1, -0.05) is 6.07 Å². The van der Waals surface area contributed by atoms with Crippen LogP contribution < -0.4 is 4.74 Å². The Kier molecular flexibility index (Phi) is 2.93. The molecule has 0 bridgehead atoms. The minimum absolute atomic E-state index is 0.687. The molecule has 0 amide bonds. The number of hydrogen-bond acceptors (Lipinski definition) is 4. The van der Waals surface area contributed by atoms with Crippen molar-refractivity contribution in [3.05, 3.63) is 24.0 Å². The Morgan fingerprint density at radius 3 is 3.18 bits per heavy atom. The fraction of sp³-hybridized carbons (Fsp3) is 0.500. The molecule has 17 heavy (non-hydrogen) atoms. The third-order valence-corrected chi connectivity index (χ3v) is 4.50. The van der Waals surface area contributed by atoms with Gasteiger partial charge in [0.25, 0.3) is 0 Å². The summed E-state index contributed by atoms with van der Waals surface area (Å²) < 4.78 is 7.38. The third kappa shape index (κ3) is 1.99. The Morgan fingerprint density at radius 1 is 1.47 bits per heavy atom. The van der Waals surface area contributed by atoms with Crippen LogP contribution >= 0.6 is 11.8 Å². The molecule has 1 saturated heterocycles. The minimum Gasteiger partial charge on any atom is -0.482 e. The van der Waals surface area contributed by atoms with Crippen molar-refractivity contribution in [2.45, 2.75) is 24.5 Å². The fourth-order valence-corrected chi connectivity index (χ4v) is 3.54. The summed E-state index contributed by atoms with van der Waals surface area (Å²) in [4.78, 5) is 0. The summed E-state index contributed by atoms with van der Waals surface area (Å²) in [5.41, 5.74) is 0.863. The Labute approximate surface area is 104 Å². The second-order valence-corrected chi connectivity index (χ2v) is 5.63. The van der Waals surface area contributed by atoms with Crippen LogP contribution in [0.25, 0.3) is 5.65 Å². The summed E-state index contributed by atoms with van der Waals surface area (Å²) in [6, 6.07) is 5.85. The number of nitrogens with zero attached hydrogens (tertiary/aromatic N) is 3. The van der Waals surface area contributed by atoms with E-state index in [4.69, 9.17) is 4.74 Å². The molecule has 0 aliphatic carbocycles. The van der Waals surface area contributed by atoms with E-state index >= 15 is 0 Å². The number of ether oxygens (including phenoxy) is 1. The number of methoxy groups -OCH3 is 1. The van der Waals surface area contributed by atoms with E-state index < -0.39 is 0 Å². The molecule has 0 saturated carbocycles. The first-order valence-corrected chi connectivity index (χ1v) is 6.92. The standard InChI is InChI=1S/C12H15N3OS/c1-16-12-6-2-5-10-13-14-11(15(10)12)8-9-4-3-7-17-9/h2,5-6,9H,3-4,7-8H2,1H3. The molecule has 1 atom stereocenters. The Morgan fingerprint density at radius 2 is 2.41 bits per heavy atom. The first-order chi connectivity index (χ1) is 8.38. The van der Waals surface area contributed by atoms with E-state index in [1.807, 2.05) is 34.4 Å². The molecule has 2 aromatic rings. The van der Waals surface area contributed by atoms with Crippen LogP contribution in [0, 0.1) is 0 Å². The van der Waals surface area contributed by atoms with Gasteiger partial charge in [-0.05, 0) is 30.7 Å². The maximum Gasteiger partial charge on any atom is 0.200 e. The molecule has 1 fully saturated rings. The summed E-state index contributed by atoms with van der Waals surface area (Å²) in [5, 5.41) is 9.17. The minimum atomic E-state index is 0.687. The van der Waals surface area contributed by atoms with E-state index in [-0.39, 0.29) is 0 Å². The molecule has 0 aromatic carbocycles. The lowest BCUT2D eigenvalue weighted by Gasteiger charge is -2.09. The lowest BCUT2D eigenvalue weighted by atomic mass is 10.2. The van der Waals surface area contributed by atoms with Crippen molar-refractivity contribution in [3.8, 4) is 5.88 Å². The van der Waals surface area contributed by atoms with Crippen molar-refractivity contribution >= 4 is 17.4 Å². The molecule has 0 spiro atoms. The molecular formula is C12H15N3OS. The van der Waals surface area contributed by atoms with Crippen LogP contribution in [0.1, 0.15) is 18.7 Å². The van der Waals surface area contributed by atoms with Crippen LogP contribution in [0.3, 0.4) is 0 Å². The van der Waals surface area contributed by atoms with Crippen molar-refractivity contribution < 1.29 is 4.74 Å². The molecule has 5 heteroatoms. The van der Waals surface area contributed by atoms with E-state index in [1.165, 1.54) is 18.6 Å². The molecule has 0 radical (unpaired) electrons. The number of hydrogen-bond donors (Lipinski definition) is 0. The van der Waals surface area contributed by atoms with Crippen molar-refractivity contribution in [2.24, 2.45) is 0 Å². The highest BCUT2D eigenvalue weighted by molar-refractivity contribution is 8.00. The topological polar surface area (TPSA) is 39.4 Å². The average molecular weight is 249 g/mol. The zero-order chi connectivity index (χ0) is 11.7. The quantitative estimate of drug-likeness (QED) is 0.836. The van der Waals surface area contributed by atoms with Crippen LogP contribution in [0.2, 0.25) is 0 Å². The third-order valence-electron chi connectivity index (χ3n) is 3.10. The zero-order valence-electron chi connectivity index (χ0n) is 9.80. The molecule has 3 heterocycles. The second kappa shape index (κ2) is 4.56. The Bertz CT molecular complexity index is 519. The highest BCUT2D eigenvalue weighted by Crippen LogP contribution is 2.29. The molecule has 1 aliphatic heterocycles. The number of rotatable bonds is 3. The van der Waals surface area contributed by atoms with Gasteiger partial charge in [0.2, 0.25) is 5.88 Å². The van der Waals surface area contributed by atoms with E-state index in [0.717, 1.165) is 23.8 Å². The second-order valence-electron chi connectivity index (χ2n) is 4.22. The Hall–Kier alpha value is -1.23. The summed E-state index contributed by atoms with van der Waals surface area (Å²) in [5.74, 6) is 3.10. The molecule has 90 valence electrons. The van der Waals surface area contributed by atoms with Crippen LogP contribution in [0.15, 0.2) is 18.2 Å². The van der Waals surface area contributed by atoms with Gasteiger partial charge >= 0.3 is 0 Å². The largest absolute Gasteiger partial charge is 0.482 e. The monoisotopic (exact) mass is 249 g/mol. The number of fused-ring (bicyclic) bond motifs is 1. The number of pyridine rings is 1. The molecule has 1 aliphatic rings. The van der Waals surface area contributed by atoms with Crippen molar-refractivity contribution in [2.75, 3.05) is 12.9 Å². The highest BCUT2D eigenvalue weighted by Gasteiger charge is 2.19. The predicted molar refractivity (Wildman–Crippen MR) is 68.7 cm³/mol. The lowest BCUT2D eigenvalue weighted by molar-refractivity contribution is 0.390. The summed E-state index contributed by atoms with van der Waals surface area (Å²) >= 11 is 2.04. The van der Waals surface area contributed by atoms with E-state index in [1.54, 1.807) is 7.11 Å². The normalized spacial score (nSPS) is 19.9. The van der Waals surface area contributed by atoms with Gasteiger partial charge in [0.15, 0.2) is 5.65 Å². The van der Waals surface area contributed by atoms with Crippen LogP contribution in [-0.2, 0) is 6.42 Å². The molecule has 0 N–H and O–H groups in total. The van der Waals surface area contributed by atoms with Gasteiger partial charge in [0.05, 0.1) is 7.11 Å². The lowest BCUT2D eigenvalue weighted by Crippen LogP contribution is -2.07. The summed E-state index contributed by atoms with van der Waals surface area (Å²) in [7, 11) is 1.68. The number of aromatic nitrogens is 3. The average Bonchev–Trinajstić information content (AvgIpc) is 2.99. The van der Waals surface area contributed by atoms with E-state index in [2.05, 4.69) is 10.2 Å². The fourth-order valence-electron chi connectivity index (χ4n) is 2.27. The van der Waals surface area contributed by atoms with Gasteiger partial charge in [-0.15, -0.1) is 10.2 Å². The van der Waals surface area contributed by atoms with Gasteiger partial charge in [0.1, 0.15) is 5.82 Å². The SMILES string of the molecule is COc1cccc2nnc(CC3CCCS3)n12. The van der Waals surface area contributed by atoms with Crippen LogP contribution in [0.5, 0.6) is 5.88 Å². The predicted octanol–water partition coefficient (Wildman–Crippen LogP) is 2.18. The van der Waals surface area contributed by atoms with Crippen LogP contribution in [0.4, 0.5) is 0 Å². The molecule has 4 nitrogen and oxygen atoms in total. The first-order valence-electron chi connectivity index (χ1n) is 5.87. The van der Waals surface area contributed by atoms with Crippen molar-refractivity contribution in [1.29, 1.82) is 0 Å². The molecule has 1 unspecified atom stereocenters. The van der Waals surface area contributed by atoms with Crippen molar-refractivity contribution in [3.63, 3.8) is 0 Å². The van der Waals surface area contributed by atoms with E-state index in [9.17, 15) is 0 Å². The van der Waals surface area contributed by atoms with Crippen molar-refractivity contribution in [1.82, 2.24) is 14.6 Å². The molecule has 2 aromatic heterocycles. The zero-order valence-corrected chi connectivity index (χ0v) is 10.6.